The molecule has 0 aromatic carbocycles. The Morgan fingerprint density at radius 1 is 0.850 bits per heavy atom. The third kappa shape index (κ3) is 0.913. The summed E-state index contributed by atoms with van der Waals surface area (Å²) in [5.74, 6) is 5.52. The first-order valence-corrected chi connectivity index (χ1v) is 10.1. The lowest BCUT2D eigenvalue weighted by Crippen LogP contribution is -2.62. The van der Waals surface area contributed by atoms with Gasteiger partial charge in [-0.3, -0.25) is 0 Å². The second-order valence-electron chi connectivity index (χ2n) is 9.40. The van der Waals surface area contributed by atoms with E-state index in [0.717, 1.165) is 40.3 Å². The van der Waals surface area contributed by atoms with Gasteiger partial charge < -0.3 is 0 Å². The highest BCUT2D eigenvalue weighted by Gasteiger charge is 2.69. The molecule has 8 unspecified atom stereocenters. The SMILES string of the molecule is C1CC23CCC4C2=C2C5CC6CC(CC2(CC14)S6)C5C3. The average Bonchev–Trinajstić information content (AvgIpc) is 2.71. The van der Waals surface area contributed by atoms with Gasteiger partial charge in [-0.25, -0.2) is 0 Å². The third-order valence-corrected chi connectivity index (χ3v) is 10.7. The Labute approximate surface area is 126 Å². The molecule has 4 saturated carbocycles. The molecule has 0 N–H and O–H groups in total. The maximum atomic E-state index is 2.49. The molecule has 6 fully saturated rings. The molecule has 6 aliphatic carbocycles. The van der Waals surface area contributed by atoms with Gasteiger partial charge in [0, 0.05) is 10.00 Å². The fourth-order valence-corrected chi connectivity index (χ4v) is 11.1. The van der Waals surface area contributed by atoms with Crippen LogP contribution in [0.15, 0.2) is 11.1 Å². The number of hydrogen-bond acceptors (Lipinski definition) is 1. The summed E-state index contributed by atoms with van der Waals surface area (Å²) in [7, 11) is 0. The summed E-state index contributed by atoms with van der Waals surface area (Å²) in [4.78, 5) is 0. The fourth-order valence-electron chi connectivity index (χ4n) is 8.77. The summed E-state index contributed by atoms with van der Waals surface area (Å²) in [5.41, 5.74) is 5.02. The number of thioether (sulfide) groups is 1. The van der Waals surface area contributed by atoms with Crippen molar-refractivity contribution in [1.29, 1.82) is 0 Å². The largest absolute Gasteiger partial charge is 0.147 e. The second kappa shape index (κ2) is 2.94. The van der Waals surface area contributed by atoms with Crippen molar-refractivity contribution in [2.45, 2.75) is 67.8 Å². The van der Waals surface area contributed by atoms with Gasteiger partial charge in [0.25, 0.3) is 0 Å². The zero-order chi connectivity index (χ0) is 12.7. The van der Waals surface area contributed by atoms with E-state index in [1.807, 2.05) is 0 Å². The van der Waals surface area contributed by atoms with Crippen molar-refractivity contribution in [3.8, 4) is 0 Å². The van der Waals surface area contributed by atoms with Crippen molar-refractivity contribution in [1.82, 2.24) is 0 Å². The van der Waals surface area contributed by atoms with Crippen LogP contribution < -0.4 is 0 Å². The molecule has 8 rings (SSSR count). The van der Waals surface area contributed by atoms with E-state index in [4.69, 9.17) is 0 Å². The number of allylic oxidation sites excluding steroid dienone is 1. The van der Waals surface area contributed by atoms with E-state index in [1.165, 1.54) is 0 Å². The van der Waals surface area contributed by atoms with E-state index in [2.05, 4.69) is 22.9 Å². The lowest BCUT2D eigenvalue weighted by Gasteiger charge is -2.69. The van der Waals surface area contributed by atoms with Gasteiger partial charge >= 0.3 is 0 Å². The van der Waals surface area contributed by atoms with Crippen LogP contribution in [0.2, 0.25) is 0 Å². The van der Waals surface area contributed by atoms with Crippen LogP contribution in [0.4, 0.5) is 0 Å². The first-order valence-electron chi connectivity index (χ1n) is 9.21. The van der Waals surface area contributed by atoms with Gasteiger partial charge in [0.2, 0.25) is 0 Å². The van der Waals surface area contributed by atoms with Crippen LogP contribution in [0.3, 0.4) is 0 Å². The van der Waals surface area contributed by atoms with E-state index in [0.29, 0.717) is 4.75 Å². The van der Waals surface area contributed by atoms with Crippen molar-refractivity contribution < 1.29 is 0 Å². The lowest BCUT2D eigenvalue weighted by atomic mass is 9.43. The lowest BCUT2D eigenvalue weighted by molar-refractivity contribution is 0.00593. The molecule has 8 aliphatic rings. The van der Waals surface area contributed by atoms with Crippen molar-refractivity contribution in [2.75, 3.05) is 0 Å². The summed E-state index contributed by atoms with van der Waals surface area (Å²) >= 11 is 2.49. The molecule has 1 heteroatoms. The Balaban J connectivity index is 1.61. The van der Waals surface area contributed by atoms with E-state index < -0.39 is 0 Å². The topological polar surface area (TPSA) is 0 Å². The number of hydrogen-bond donors (Lipinski definition) is 0. The van der Waals surface area contributed by atoms with Crippen LogP contribution in [0, 0.1) is 35.0 Å². The van der Waals surface area contributed by atoms with Gasteiger partial charge in [-0.1, -0.05) is 11.1 Å². The molecule has 0 nitrogen and oxygen atoms in total. The van der Waals surface area contributed by atoms with Gasteiger partial charge in [0.15, 0.2) is 0 Å². The maximum Gasteiger partial charge on any atom is 0.0382 e. The van der Waals surface area contributed by atoms with Crippen LogP contribution in [0.25, 0.3) is 0 Å². The number of rotatable bonds is 0. The minimum Gasteiger partial charge on any atom is -0.147 e. The third-order valence-electron chi connectivity index (χ3n) is 9.00. The Hall–Kier alpha value is 0.0900. The summed E-state index contributed by atoms with van der Waals surface area (Å²) < 4.78 is 0.694. The molecule has 20 heavy (non-hydrogen) atoms. The molecule has 0 amide bonds. The summed E-state index contributed by atoms with van der Waals surface area (Å²) in [6, 6.07) is 0. The van der Waals surface area contributed by atoms with Crippen molar-refractivity contribution in [3.63, 3.8) is 0 Å². The van der Waals surface area contributed by atoms with Crippen LogP contribution in [0.1, 0.15) is 57.8 Å². The molecule has 0 radical (unpaired) electrons. The molecule has 0 aromatic rings. The van der Waals surface area contributed by atoms with E-state index in [-0.39, 0.29) is 0 Å². The summed E-state index contributed by atoms with van der Waals surface area (Å²) in [5, 5.41) is 1.06. The Morgan fingerprint density at radius 2 is 1.75 bits per heavy atom. The maximum absolute atomic E-state index is 2.49. The minimum absolute atomic E-state index is 0.694. The predicted octanol–water partition coefficient (Wildman–Crippen LogP) is 4.80. The molecular weight excluding hydrogens is 260 g/mol. The zero-order valence-corrected chi connectivity index (χ0v) is 13.1. The quantitative estimate of drug-likeness (QED) is 0.576. The Kier molecular flexibility index (Phi) is 1.58. The van der Waals surface area contributed by atoms with E-state index >= 15 is 0 Å². The first-order chi connectivity index (χ1) is 9.78. The highest BCUT2D eigenvalue weighted by molar-refractivity contribution is 8.01. The molecule has 10 bridgehead atoms. The molecule has 1 spiro atoms. The molecule has 2 aliphatic heterocycles. The highest BCUT2D eigenvalue weighted by atomic mass is 32.2. The molecule has 106 valence electrons. The van der Waals surface area contributed by atoms with Gasteiger partial charge in [-0.2, -0.15) is 0 Å². The van der Waals surface area contributed by atoms with Crippen LogP contribution in [-0.2, 0) is 0 Å². The van der Waals surface area contributed by atoms with Crippen molar-refractivity contribution in [2.24, 2.45) is 35.0 Å². The van der Waals surface area contributed by atoms with Crippen LogP contribution >= 0.6 is 11.8 Å². The normalized spacial score (nSPS) is 67.2. The fraction of sp³-hybridized carbons (Fsp3) is 0.895. The van der Waals surface area contributed by atoms with Gasteiger partial charge in [-0.15, -0.1) is 11.8 Å². The Morgan fingerprint density at radius 3 is 2.75 bits per heavy atom. The van der Waals surface area contributed by atoms with Gasteiger partial charge in [0.05, 0.1) is 0 Å². The van der Waals surface area contributed by atoms with Crippen LogP contribution in [-0.4, -0.2) is 10.00 Å². The van der Waals surface area contributed by atoms with E-state index in [9.17, 15) is 0 Å². The average molecular weight is 284 g/mol. The predicted molar refractivity (Wildman–Crippen MR) is 82.6 cm³/mol. The first kappa shape index (κ1) is 10.8. The van der Waals surface area contributed by atoms with Crippen molar-refractivity contribution >= 4 is 11.8 Å². The highest BCUT2D eigenvalue weighted by Crippen LogP contribution is 2.79. The van der Waals surface area contributed by atoms with Crippen LogP contribution in [0.5, 0.6) is 0 Å². The zero-order valence-electron chi connectivity index (χ0n) is 12.2. The molecule has 0 aromatic heterocycles. The second-order valence-corrected chi connectivity index (χ2v) is 11.1. The Bertz CT molecular complexity index is 576. The summed E-state index contributed by atoms with van der Waals surface area (Å²) in [6.07, 6.45) is 14.4. The standard InChI is InChI=1S/C19H24S/c1-3-18-4-2-13-10(1)7-19-8-11-5-12(20-19)6-14(15(11)9-18)17(19)16(13)18/h10-15H,1-9H2. The smallest absolute Gasteiger partial charge is 0.0382 e. The van der Waals surface area contributed by atoms with Gasteiger partial charge in [-0.05, 0) is 92.8 Å². The van der Waals surface area contributed by atoms with Gasteiger partial charge in [0.1, 0.15) is 0 Å². The minimum atomic E-state index is 0.694. The molecule has 2 saturated heterocycles. The molecule has 8 atom stereocenters. The summed E-state index contributed by atoms with van der Waals surface area (Å²) in [6.45, 7) is 0. The van der Waals surface area contributed by atoms with Crippen molar-refractivity contribution in [3.05, 3.63) is 11.1 Å². The monoisotopic (exact) mass is 284 g/mol. The molecule has 2 heterocycles. The van der Waals surface area contributed by atoms with E-state index in [1.54, 1.807) is 57.8 Å². The molecular formula is C19H24S.